The molecule has 1 heterocycles. The fourth-order valence-corrected chi connectivity index (χ4v) is 5.20. The van der Waals surface area contributed by atoms with Crippen molar-refractivity contribution in [1.82, 2.24) is 21.3 Å². The first kappa shape index (κ1) is 36.1. The second-order valence-corrected chi connectivity index (χ2v) is 12.9. The molecule has 2 aromatic carbocycles. The summed E-state index contributed by atoms with van der Waals surface area (Å²) in [5.41, 5.74) is 1.51. The first-order chi connectivity index (χ1) is 21.8. The van der Waals surface area contributed by atoms with Crippen molar-refractivity contribution in [3.8, 4) is 5.75 Å². The molecule has 1 aliphatic heterocycles. The molecule has 4 N–H and O–H groups in total. The van der Waals surface area contributed by atoms with Crippen molar-refractivity contribution in [2.24, 2.45) is 17.8 Å². The lowest BCUT2D eigenvalue weighted by molar-refractivity contribution is -0.160. The molecule has 1 unspecified atom stereocenters. The van der Waals surface area contributed by atoms with Crippen LogP contribution in [0, 0.1) is 17.8 Å². The Labute approximate surface area is 271 Å². The zero-order valence-corrected chi connectivity index (χ0v) is 27.8. The summed E-state index contributed by atoms with van der Waals surface area (Å²) in [5.74, 6) is -3.28. The highest BCUT2D eigenvalue weighted by molar-refractivity contribution is 5.96. The maximum Gasteiger partial charge on any atom is 0.329 e. The van der Waals surface area contributed by atoms with Gasteiger partial charge >= 0.3 is 5.97 Å². The van der Waals surface area contributed by atoms with E-state index >= 15 is 0 Å². The van der Waals surface area contributed by atoms with Crippen LogP contribution in [0.1, 0.15) is 59.1 Å². The molecule has 0 aliphatic carbocycles. The largest absolute Gasteiger partial charge is 0.497 e. The topological polar surface area (TPSA) is 152 Å². The van der Waals surface area contributed by atoms with Crippen LogP contribution in [0.25, 0.3) is 0 Å². The molecule has 3 rings (SSSR count). The third kappa shape index (κ3) is 10.3. The number of amides is 4. The molecule has 0 bridgehead atoms. The summed E-state index contributed by atoms with van der Waals surface area (Å²) in [6.07, 6.45) is -0.846. The van der Waals surface area contributed by atoms with Crippen molar-refractivity contribution >= 4 is 29.6 Å². The summed E-state index contributed by atoms with van der Waals surface area (Å²) >= 11 is 0. The molecule has 0 radical (unpaired) electrons. The van der Waals surface area contributed by atoms with E-state index in [1.54, 1.807) is 59.1 Å². The molecular formula is C35H48N4O7. The molecule has 1 fully saturated rings. The van der Waals surface area contributed by atoms with Crippen LogP contribution in [0.5, 0.6) is 5.75 Å². The van der Waals surface area contributed by atoms with Crippen molar-refractivity contribution < 1.29 is 33.4 Å². The van der Waals surface area contributed by atoms with Crippen LogP contribution < -0.4 is 26.0 Å². The highest BCUT2D eigenvalue weighted by atomic mass is 16.5. The molecule has 1 aliphatic rings. The number of ether oxygens (including phenoxy) is 2. The molecule has 250 valence electrons. The van der Waals surface area contributed by atoms with Crippen molar-refractivity contribution in [1.29, 1.82) is 0 Å². The molecule has 11 nitrogen and oxygen atoms in total. The molecule has 46 heavy (non-hydrogen) atoms. The summed E-state index contributed by atoms with van der Waals surface area (Å²) in [7, 11) is 1.55. The highest BCUT2D eigenvalue weighted by Gasteiger charge is 2.37. The predicted molar refractivity (Wildman–Crippen MR) is 174 cm³/mol. The van der Waals surface area contributed by atoms with E-state index in [9.17, 15) is 24.0 Å². The Morgan fingerprint density at radius 3 is 1.67 bits per heavy atom. The lowest BCUT2D eigenvalue weighted by Crippen LogP contribution is -2.60. The minimum Gasteiger partial charge on any atom is -0.497 e. The average Bonchev–Trinajstić information content (AvgIpc) is 3.01. The smallest absolute Gasteiger partial charge is 0.329 e. The van der Waals surface area contributed by atoms with Gasteiger partial charge in [-0.05, 0) is 47.4 Å². The van der Waals surface area contributed by atoms with Crippen LogP contribution in [0.15, 0.2) is 54.6 Å². The van der Waals surface area contributed by atoms with Gasteiger partial charge in [0.25, 0.3) is 5.91 Å². The van der Waals surface area contributed by atoms with Gasteiger partial charge in [0.2, 0.25) is 17.7 Å². The van der Waals surface area contributed by atoms with E-state index < -0.39 is 59.9 Å². The van der Waals surface area contributed by atoms with Gasteiger partial charge in [-0.1, -0.05) is 84.0 Å². The molecule has 1 saturated heterocycles. The number of rotatable bonds is 9. The van der Waals surface area contributed by atoms with Gasteiger partial charge in [0, 0.05) is 12.8 Å². The number of hydrogen-bond donors (Lipinski definition) is 4. The molecular weight excluding hydrogens is 588 g/mol. The minimum atomic E-state index is -1.24. The Morgan fingerprint density at radius 2 is 1.13 bits per heavy atom. The number of esters is 1. The lowest BCUT2D eigenvalue weighted by Gasteiger charge is -2.29. The monoisotopic (exact) mass is 636 g/mol. The molecule has 2 aromatic rings. The van der Waals surface area contributed by atoms with Crippen LogP contribution in [-0.2, 0) is 41.6 Å². The van der Waals surface area contributed by atoms with Crippen molar-refractivity contribution in [3.63, 3.8) is 0 Å². The van der Waals surface area contributed by atoms with Gasteiger partial charge in [0.05, 0.1) is 7.11 Å². The van der Waals surface area contributed by atoms with Gasteiger partial charge in [-0.15, -0.1) is 0 Å². The normalized spacial score (nSPS) is 23.5. The summed E-state index contributed by atoms with van der Waals surface area (Å²) in [6, 6.07) is 11.9. The molecule has 5 atom stereocenters. The van der Waals surface area contributed by atoms with Crippen LogP contribution in [0.4, 0.5) is 0 Å². The van der Waals surface area contributed by atoms with E-state index in [0.717, 1.165) is 11.1 Å². The number of nitrogens with one attached hydrogen (secondary N) is 4. The van der Waals surface area contributed by atoms with Gasteiger partial charge in [-0.3, -0.25) is 19.2 Å². The highest BCUT2D eigenvalue weighted by Crippen LogP contribution is 2.17. The zero-order valence-electron chi connectivity index (χ0n) is 27.8. The number of carbonyl (C=O) groups is 5. The van der Waals surface area contributed by atoms with Gasteiger partial charge < -0.3 is 30.7 Å². The van der Waals surface area contributed by atoms with E-state index in [0.29, 0.717) is 5.75 Å². The van der Waals surface area contributed by atoms with Crippen LogP contribution in [0.2, 0.25) is 0 Å². The van der Waals surface area contributed by atoms with E-state index in [1.807, 2.05) is 44.2 Å². The quantitative estimate of drug-likeness (QED) is 0.309. The van der Waals surface area contributed by atoms with Crippen molar-refractivity contribution in [2.45, 2.75) is 91.1 Å². The van der Waals surface area contributed by atoms with Gasteiger partial charge in [0.1, 0.15) is 29.9 Å². The molecule has 11 heteroatoms. The predicted octanol–water partition coefficient (Wildman–Crippen LogP) is 2.70. The first-order valence-corrected chi connectivity index (χ1v) is 15.9. The van der Waals surface area contributed by atoms with E-state index in [2.05, 4.69) is 21.3 Å². The van der Waals surface area contributed by atoms with E-state index in [4.69, 9.17) is 9.47 Å². The average molecular weight is 637 g/mol. The zero-order chi connectivity index (χ0) is 34.0. The Hall–Kier alpha value is -4.41. The van der Waals surface area contributed by atoms with E-state index in [-0.39, 0.29) is 37.0 Å². The third-order valence-corrected chi connectivity index (χ3v) is 7.85. The van der Waals surface area contributed by atoms with Crippen LogP contribution in [0.3, 0.4) is 0 Å². The van der Waals surface area contributed by atoms with Crippen LogP contribution >= 0.6 is 0 Å². The fraction of sp³-hybridized carbons (Fsp3) is 0.514. The fourth-order valence-electron chi connectivity index (χ4n) is 5.20. The molecule has 0 saturated carbocycles. The Kier molecular flexibility index (Phi) is 13.1. The summed E-state index contributed by atoms with van der Waals surface area (Å²) in [6.45, 7) is 10.9. The first-order valence-electron chi connectivity index (χ1n) is 15.9. The minimum absolute atomic E-state index is 0.0425. The maximum atomic E-state index is 13.8. The third-order valence-electron chi connectivity index (χ3n) is 7.85. The van der Waals surface area contributed by atoms with Gasteiger partial charge in [-0.2, -0.15) is 0 Å². The standard InChI is InChI=1S/C35H48N4O7/c1-20(2)17-28-32(41)36-26(18-24-13-15-25(45-7)16-14-24)31(40)38-30(22(5)6)34(43)39-29(21(3)4)33(42)37-27(35(44)46-28)19-23-11-9-8-10-12-23/h8-16,20-22,26-30H,17-19H2,1-7H3,(H,36,41)(H,37,42)(H,38,40)(H,39,43)/t26-,27-,28?,29-,30-/m0/s1. The van der Waals surface area contributed by atoms with Crippen molar-refractivity contribution in [3.05, 3.63) is 65.7 Å². The number of methoxy groups -OCH3 is 1. The number of cyclic esters (lactones) is 1. The Morgan fingerprint density at radius 1 is 0.630 bits per heavy atom. The van der Waals surface area contributed by atoms with Gasteiger partial charge in [-0.25, -0.2) is 4.79 Å². The SMILES string of the molecule is COc1ccc(C[C@@H]2NC(=O)C(CC(C)C)OC(=O)[C@H](Cc3ccccc3)NC(=O)[C@H](C(C)C)NC(=O)[C@H](C(C)C)NC2=O)cc1. The Bertz CT molecular complexity index is 1340. The summed E-state index contributed by atoms with van der Waals surface area (Å²) < 4.78 is 11.1. The Balaban J connectivity index is 2.07. The van der Waals surface area contributed by atoms with E-state index in [1.165, 1.54) is 0 Å². The molecule has 0 aromatic heterocycles. The van der Waals surface area contributed by atoms with Crippen molar-refractivity contribution in [2.75, 3.05) is 7.11 Å². The van der Waals surface area contributed by atoms with Gasteiger partial charge in [0.15, 0.2) is 6.10 Å². The second-order valence-electron chi connectivity index (χ2n) is 12.9. The molecule has 4 amide bonds. The number of benzene rings is 2. The lowest BCUT2D eigenvalue weighted by atomic mass is 9.98. The number of carbonyl (C=O) groups excluding carboxylic acids is 5. The maximum absolute atomic E-state index is 13.8. The van der Waals surface area contributed by atoms with Crippen LogP contribution in [-0.4, -0.2) is 67.0 Å². The second kappa shape index (κ2) is 16.8. The molecule has 0 spiro atoms. The summed E-state index contributed by atoms with van der Waals surface area (Å²) in [4.78, 5) is 68.5. The number of hydrogen-bond acceptors (Lipinski definition) is 7. The summed E-state index contributed by atoms with van der Waals surface area (Å²) in [5, 5.41) is 11.1.